The Morgan fingerprint density at radius 3 is 2.85 bits per heavy atom. The maximum absolute atomic E-state index is 12.3. The number of nitrogens with one attached hydrogen (secondary N) is 1. The largest absolute Gasteiger partial charge is 0.337 e. The lowest BCUT2D eigenvalue weighted by Crippen LogP contribution is -2.64. The van der Waals surface area contributed by atoms with E-state index in [1.54, 1.807) is 0 Å². The Morgan fingerprint density at radius 2 is 2.08 bits per heavy atom. The Bertz CT molecular complexity index is 741. The van der Waals surface area contributed by atoms with E-state index in [0.717, 1.165) is 25.2 Å². The summed E-state index contributed by atoms with van der Waals surface area (Å²) in [5.41, 5.74) is 0.898. The van der Waals surface area contributed by atoms with E-state index >= 15 is 0 Å². The van der Waals surface area contributed by atoms with Crippen molar-refractivity contribution >= 4 is 6.03 Å². The van der Waals surface area contributed by atoms with Crippen molar-refractivity contribution in [3.63, 3.8) is 0 Å². The molecule has 0 spiro atoms. The summed E-state index contributed by atoms with van der Waals surface area (Å²) in [6, 6.07) is 10.7. The molecule has 0 bridgehead atoms. The smallest absolute Gasteiger partial charge is 0.317 e. The Hall–Kier alpha value is -2.41. The molecular formula is C19H25N5O2. The highest BCUT2D eigenvalue weighted by Gasteiger charge is 2.37. The zero-order valence-corrected chi connectivity index (χ0v) is 15.1. The van der Waals surface area contributed by atoms with Crippen LogP contribution < -0.4 is 5.32 Å². The van der Waals surface area contributed by atoms with Crippen molar-refractivity contribution in [1.29, 1.82) is 0 Å². The van der Waals surface area contributed by atoms with Gasteiger partial charge in [0.2, 0.25) is 11.7 Å². The molecule has 4 rings (SSSR count). The van der Waals surface area contributed by atoms with Gasteiger partial charge in [0, 0.05) is 30.7 Å². The first kappa shape index (κ1) is 17.0. The van der Waals surface area contributed by atoms with Crippen molar-refractivity contribution < 1.29 is 9.32 Å². The van der Waals surface area contributed by atoms with E-state index in [1.807, 2.05) is 35.2 Å². The van der Waals surface area contributed by atoms with Crippen LogP contribution in [0.15, 0.2) is 34.9 Å². The molecule has 2 amide bonds. The van der Waals surface area contributed by atoms with Crippen molar-refractivity contribution in [1.82, 2.24) is 25.3 Å². The van der Waals surface area contributed by atoms with E-state index in [1.165, 1.54) is 19.3 Å². The Morgan fingerprint density at radius 1 is 1.27 bits per heavy atom. The normalized spacial score (nSPS) is 21.4. The highest BCUT2D eigenvalue weighted by molar-refractivity contribution is 5.75. The summed E-state index contributed by atoms with van der Waals surface area (Å²) in [5, 5.41) is 6.84. The number of carbonyl (C=O) groups is 1. The third kappa shape index (κ3) is 3.58. The fraction of sp³-hybridized carbons (Fsp3) is 0.526. The summed E-state index contributed by atoms with van der Waals surface area (Å²) in [5.74, 6) is 0.955. The van der Waals surface area contributed by atoms with Gasteiger partial charge in [0.05, 0.1) is 6.54 Å². The van der Waals surface area contributed by atoms with Crippen LogP contribution >= 0.6 is 0 Å². The van der Waals surface area contributed by atoms with Gasteiger partial charge in [0.1, 0.15) is 0 Å². The van der Waals surface area contributed by atoms with Crippen LogP contribution in [0.5, 0.6) is 0 Å². The molecule has 2 fully saturated rings. The average Bonchev–Trinajstić information content (AvgIpc) is 3.10. The fourth-order valence-corrected chi connectivity index (χ4v) is 3.79. The number of aromatic nitrogens is 2. The van der Waals surface area contributed by atoms with Gasteiger partial charge in [-0.05, 0) is 26.3 Å². The number of amides is 2. The van der Waals surface area contributed by atoms with Gasteiger partial charge in [0.15, 0.2) is 0 Å². The summed E-state index contributed by atoms with van der Waals surface area (Å²) >= 11 is 0. The first-order chi connectivity index (χ1) is 12.7. The molecule has 0 saturated carbocycles. The highest BCUT2D eigenvalue weighted by atomic mass is 16.5. The molecule has 1 atom stereocenters. The van der Waals surface area contributed by atoms with Crippen molar-refractivity contribution in [2.24, 2.45) is 0 Å². The number of likely N-dealkylation sites (tertiary alicyclic amines) is 2. The van der Waals surface area contributed by atoms with Crippen LogP contribution in [0.3, 0.4) is 0 Å². The average molecular weight is 355 g/mol. The van der Waals surface area contributed by atoms with Crippen LogP contribution in [-0.2, 0) is 6.54 Å². The molecule has 1 N–H and O–H groups in total. The second-order valence-electron chi connectivity index (χ2n) is 7.18. The van der Waals surface area contributed by atoms with Gasteiger partial charge in [-0.25, -0.2) is 4.79 Å². The number of hydrogen-bond acceptors (Lipinski definition) is 5. The van der Waals surface area contributed by atoms with Crippen LogP contribution in [0.2, 0.25) is 0 Å². The number of hydrogen-bond donors (Lipinski definition) is 1. The minimum Gasteiger partial charge on any atom is -0.337 e. The summed E-state index contributed by atoms with van der Waals surface area (Å²) in [6.45, 7) is 5.30. The van der Waals surface area contributed by atoms with Gasteiger partial charge in [-0.2, -0.15) is 4.98 Å². The molecular weight excluding hydrogens is 330 g/mol. The van der Waals surface area contributed by atoms with E-state index in [4.69, 9.17) is 4.52 Å². The molecule has 0 unspecified atom stereocenters. The summed E-state index contributed by atoms with van der Waals surface area (Å²) in [4.78, 5) is 21.0. The second kappa shape index (κ2) is 7.45. The lowest BCUT2D eigenvalue weighted by Gasteiger charge is -2.49. The SMILES string of the molecule is C[C@@H]1CCCCN1C1CN(C(=O)NCc2nc(-c3ccccc3)no2)C1. The molecule has 0 radical (unpaired) electrons. The molecule has 0 aliphatic carbocycles. The standard InChI is InChI=1S/C19H25N5O2/c1-14-7-5-6-10-24(14)16-12-23(13-16)19(25)20-11-17-21-18(22-26-17)15-8-3-2-4-9-15/h2-4,8-9,14,16H,5-7,10-13H2,1H3,(H,20,25)/t14-/m1/s1. The number of carbonyl (C=O) groups excluding carboxylic acids is 1. The second-order valence-corrected chi connectivity index (χ2v) is 7.18. The summed E-state index contributed by atoms with van der Waals surface area (Å²) < 4.78 is 5.23. The lowest BCUT2D eigenvalue weighted by atomic mass is 9.98. The zero-order chi connectivity index (χ0) is 17.9. The van der Waals surface area contributed by atoms with E-state index in [2.05, 4.69) is 27.3 Å². The van der Waals surface area contributed by atoms with Gasteiger partial charge < -0.3 is 14.7 Å². The zero-order valence-electron chi connectivity index (χ0n) is 15.1. The fourth-order valence-electron chi connectivity index (χ4n) is 3.79. The molecule has 7 heteroatoms. The number of benzene rings is 1. The molecule has 3 heterocycles. The van der Waals surface area contributed by atoms with Gasteiger partial charge in [-0.15, -0.1) is 0 Å². The van der Waals surface area contributed by atoms with E-state index < -0.39 is 0 Å². The molecule has 26 heavy (non-hydrogen) atoms. The summed E-state index contributed by atoms with van der Waals surface area (Å²) in [7, 11) is 0. The minimum atomic E-state index is -0.0645. The molecule has 138 valence electrons. The topological polar surface area (TPSA) is 74.5 Å². The molecule has 7 nitrogen and oxygen atoms in total. The van der Waals surface area contributed by atoms with Gasteiger partial charge in [0.25, 0.3) is 0 Å². The molecule has 2 aromatic rings. The lowest BCUT2D eigenvalue weighted by molar-refractivity contribution is 0.0167. The van der Waals surface area contributed by atoms with Crippen LogP contribution in [0.1, 0.15) is 32.1 Å². The maximum atomic E-state index is 12.3. The van der Waals surface area contributed by atoms with Crippen LogP contribution in [0.25, 0.3) is 11.4 Å². The van der Waals surface area contributed by atoms with Crippen LogP contribution in [-0.4, -0.2) is 57.7 Å². The quantitative estimate of drug-likeness (QED) is 0.912. The molecule has 2 aliphatic rings. The van der Waals surface area contributed by atoms with Crippen LogP contribution in [0, 0.1) is 0 Å². The van der Waals surface area contributed by atoms with E-state index in [9.17, 15) is 4.79 Å². The maximum Gasteiger partial charge on any atom is 0.317 e. The van der Waals surface area contributed by atoms with Gasteiger partial charge in [-0.3, -0.25) is 4.90 Å². The van der Waals surface area contributed by atoms with E-state index in [-0.39, 0.29) is 12.6 Å². The molecule has 2 saturated heterocycles. The van der Waals surface area contributed by atoms with Gasteiger partial charge in [-0.1, -0.05) is 41.9 Å². The predicted octanol–water partition coefficient (Wildman–Crippen LogP) is 2.50. The van der Waals surface area contributed by atoms with E-state index in [0.29, 0.717) is 23.8 Å². The number of nitrogens with zero attached hydrogens (tertiary/aromatic N) is 4. The Labute approximate surface area is 153 Å². The van der Waals surface area contributed by atoms with Crippen molar-refractivity contribution in [2.45, 2.75) is 44.8 Å². The monoisotopic (exact) mass is 355 g/mol. The van der Waals surface area contributed by atoms with Crippen molar-refractivity contribution in [3.8, 4) is 11.4 Å². The van der Waals surface area contributed by atoms with Crippen molar-refractivity contribution in [3.05, 3.63) is 36.2 Å². The molecule has 1 aromatic heterocycles. The van der Waals surface area contributed by atoms with Gasteiger partial charge >= 0.3 is 6.03 Å². The Kier molecular flexibility index (Phi) is 4.88. The third-order valence-corrected chi connectivity index (χ3v) is 5.36. The van der Waals surface area contributed by atoms with Crippen LogP contribution in [0.4, 0.5) is 4.79 Å². The third-order valence-electron chi connectivity index (χ3n) is 5.36. The first-order valence-corrected chi connectivity index (χ1v) is 9.37. The number of rotatable bonds is 4. The molecule has 2 aliphatic heterocycles. The molecule has 1 aromatic carbocycles. The van der Waals surface area contributed by atoms with Crippen molar-refractivity contribution in [2.75, 3.05) is 19.6 Å². The highest BCUT2D eigenvalue weighted by Crippen LogP contribution is 2.24. The Balaban J connectivity index is 1.25. The predicted molar refractivity (Wildman–Crippen MR) is 97.3 cm³/mol. The number of piperidine rings is 1. The first-order valence-electron chi connectivity index (χ1n) is 9.37. The minimum absolute atomic E-state index is 0.0645. The summed E-state index contributed by atoms with van der Waals surface area (Å²) in [6.07, 6.45) is 3.86. The number of urea groups is 1.